The first-order chi connectivity index (χ1) is 7.97. The summed E-state index contributed by atoms with van der Waals surface area (Å²) in [6.45, 7) is 1.72. The second-order valence-electron chi connectivity index (χ2n) is 3.47. The molecular formula is C11H7ClFIN2O. The molecule has 0 bridgehead atoms. The number of nitrogens with one attached hydrogen (secondary N) is 1. The number of halogens is 3. The normalized spacial score (nSPS) is 10.6. The molecule has 88 valence electrons. The minimum atomic E-state index is -0.466. The van der Waals surface area contributed by atoms with E-state index >= 15 is 0 Å². The highest BCUT2D eigenvalue weighted by Crippen LogP contribution is 2.21. The highest BCUT2D eigenvalue weighted by atomic mass is 127. The van der Waals surface area contributed by atoms with Crippen molar-refractivity contribution in [3.8, 4) is 11.4 Å². The van der Waals surface area contributed by atoms with Crippen LogP contribution in [0.3, 0.4) is 0 Å². The molecule has 0 saturated carbocycles. The van der Waals surface area contributed by atoms with Gasteiger partial charge in [-0.15, -0.1) is 0 Å². The van der Waals surface area contributed by atoms with E-state index in [-0.39, 0.29) is 10.6 Å². The molecule has 0 spiro atoms. The van der Waals surface area contributed by atoms with Crippen molar-refractivity contribution in [2.75, 3.05) is 0 Å². The Morgan fingerprint density at radius 1 is 1.41 bits per heavy atom. The molecule has 0 aliphatic rings. The Morgan fingerprint density at radius 2 is 2.12 bits per heavy atom. The van der Waals surface area contributed by atoms with Gasteiger partial charge in [-0.05, 0) is 47.7 Å². The predicted molar refractivity (Wildman–Crippen MR) is 72.7 cm³/mol. The lowest BCUT2D eigenvalue weighted by molar-refractivity contribution is 0.628. The fourth-order valence-corrected chi connectivity index (χ4v) is 1.88. The predicted octanol–water partition coefficient (Wildman–Crippen LogP) is 3.14. The largest absolute Gasteiger partial charge is 0.306 e. The number of aryl methyl sites for hydroxylation is 1. The molecule has 17 heavy (non-hydrogen) atoms. The Kier molecular flexibility index (Phi) is 3.48. The smallest absolute Gasteiger partial charge is 0.264 e. The van der Waals surface area contributed by atoms with Crippen molar-refractivity contribution in [3.05, 3.63) is 48.7 Å². The maximum absolute atomic E-state index is 13.2. The number of aromatic amines is 1. The zero-order valence-electron chi connectivity index (χ0n) is 8.72. The molecule has 0 unspecified atom stereocenters. The van der Waals surface area contributed by atoms with Gasteiger partial charge >= 0.3 is 0 Å². The van der Waals surface area contributed by atoms with Crippen molar-refractivity contribution in [1.82, 2.24) is 9.97 Å². The standard InChI is InChI=1S/C11H7ClFIN2O/c1-5-9(14)11(17)16-10(15-5)6-2-7(12)4-8(13)3-6/h2-4H,1H3,(H,15,16,17). The van der Waals surface area contributed by atoms with Crippen LogP contribution in [-0.2, 0) is 0 Å². The lowest BCUT2D eigenvalue weighted by Gasteiger charge is -2.04. The third-order valence-corrected chi connectivity index (χ3v) is 3.65. The molecule has 3 nitrogen and oxygen atoms in total. The average molecular weight is 365 g/mol. The van der Waals surface area contributed by atoms with Gasteiger partial charge < -0.3 is 4.98 Å². The third-order valence-electron chi connectivity index (χ3n) is 2.16. The molecular weight excluding hydrogens is 357 g/mol. The van der Waals surface area contributed by atoms with E-state index in [4.69, 9.17) is 11.6 Å². The first-order valence-corrected chi connectivity index (χ1v) is 6.16. The fourth-order valence-electron chi connectivity index (χ4n) is 1.40. The van der Waals surface area contributed by atoms with E-state index in [1.165, 1.54) is 12.1 Å². The summed E-state index contributed by atoms with van der Waals surface area (Å²) >= 11 is 7.66. The lowest BCUT2D eigenvalue weighted by Crippen LogP contribution is -2.14. The second kappa shape index (κ2) is 4.73. The summed E-state index contributed by atoms with van der Waals surface area (Å²) < 4.78 is 13.7. The van der Waals surface area contributed by atoms with Crippen LogP contribution in [0, 0.1) is 16.3 Å². The van der Waals surface area contributed by atoms with Gasteiger partial charge in [-0.1, -0.05) is 11.6 Å². The Balaban J connectivity index is 2.65. The first kappa shape index (κ1) is 12.5. The van der Waals surface area contributed by atoms with Gasteiger partial charge in [-0.25, -0.2) is 9.37 Å². The molecule has 1 aromatic heterocycles. The number of H-pyrrole nitrogens is 1. The van der Waals surface area contributed by atoms with Crippen LogP contribution in [0.25, 0.3) is 11.4 Å². The minimum Gasteiger partial charge on any atom is -0.306 e. The molecule has 6 heteroatoms. The summed E-state index contributed by atoms with van der Waals surface area (Å²) in [7, 11) is 0. The number of hydrogen-bond acceptors (Lipinski definition) is 2. The van der Waals surface area contributed by atoms with E-state index in [0.29, 0.717) is 20.7 Å². The van der Waals surface area contributed by atoms with E-state index in [9.17, 15) is 9.18 Å². The van der Waals surface area contributed by atoms with E-state index in [1.807, 2.05) is 22.6 Å². The summed E-state index contributed by atoms with van der Waals surface area (Å²) in [6, 6.07) is 4.02. The zero-order chi connectivity index (χ0) is 12.6. The summed E-state index contributed by atoms with van der Waals surface area (Å²) in [5, 5.41) is 0.263. The highest BCUT2D eigenvalue weighted by Gasteiger charge is 2.08. The quantitative estimate of drug-likeness (QED) is 0.790. The van der Waals surface area contributed by atoms with Gasteiger partial charge in [-0.3, -0.25) is 4.79 Å². The van der Waals surface area contributed by atoms with Crippen molar-refractivity contribution >= 4 is 34.2 Å². The topological polar surface area (TPSA) is 45.8 Å². The van der Waals surface area contributed by atoms with Crippen molar-refractivity contribution < 1.29 is 4.39 Å². The molecule has 0 radical (unpaired) electrons. The van der Waals surface area contributed by atoms with Crippen LogP contribution in [0.5, 0.6) is 0 Å². The minimum absolute atomic E-state index is 0.242. The van der Waals surface area contributed by atoms with Crippen molar-refractivity contribution in [3.63, 3.8) is 0 Å². The molecule has 0 amide bonds. The van der Waals surface area contributed by atoms with Crippen molar-refractivity contribution in [2.45, 2.75) is 6.92 Å². The third kappa shape index (κ3) is 2.66. The molecule has 0 aliphatic heterocycles. The SMILES string of the molecule is Cc1nc(-c2cc(F)cc(Cl)c2)[nH]c(=O)c1I. The Bertz CT molecular complexity index is 622. The molecule has 2 rings (SSSR count). The Labute approximate surface area is 115 Å². The van der Waals surface area contributed by atoms with Gasteiger partial charge in [0.15, 0.2) is 0 Å². The fraction of sp³-hybridized carbons (Fsp3) is 0.0909. The van der Waals surface area contributed by atoms with E-state index in [2.05, 4.69) is 9.97 Å². The summed E-state index contributed by atoms with van der Waals surface area (Å²) in [5.41, 5.74) is 0.810. The molecule has 0 aliphatic carbocycles. The van der Waals surface area contributed by atoms with Crippen LogP contribution in [0.1, 0.15) is 5.69 Å². The monoisotopic (exact) mass is 364 g/mol. The van der Waals surface area contributed by atoms with Gasteiger partial charge in [0.05, 0.1) is 9.26 Å². The first-order valence-electron chi connectivity index (χ1n) is 4.70. The van der Waals surface area contributed by atoms with Gasteiger partial charge in [0.2, 0.25) is 0 Å². The van der Waals surface area contributed by atoms with E-state index in [1.54, 1.807) is 13.0 Å². The van der Waals surface area contributed by atoms with E-state index in [0.717, 1.165) is 0 Å². The molecule has 1 aromatic carbocycles. The maximum Gasteiger partial charge on any atom is 0.264 e. The number of aromatic nitrogens is 2. The number of benzene rings is 1. The summed E-state index contributed by atoms with van der Waals surface area (Å²) in [5.74, 6) is -0.152. The summed E-state index contributed by atoms with van der Waals surface area (Å²) in [6.07, 6.45) is 0. The lowest BCUT2D eigenvalue weighted by atomic mass is 10.2. The number of nitrogens with zero attached hydrogens (tertiary/aromatic N) is 1. The van der Waals surface area contributed by atoms with Crippen molar-refractivity contribution in [1.29, 1.82) is 0 Å². The Hall–Kier alpha value is -0.950. The van der Waals surface area contributed by atoms with Crippen LogP contribution in [0.15, 0.2) is 23.0 Å². The van der Waals surface area contributed by atoms with Gasteiger partial charge in [0.1, 0.15) is 11.6 Å². The van der Waals surface area contributed by atoms with Crippen LogP contribution in [-0.4, -0.2) is 9.97 Å². The van der Waals surface area contributed by atoms with E-state index < -0.39 is 5.82 Å². The van der Waals surface area contributed by atoms with Crippen LogP contribution in [0.2, 0.25) is 5.02 Å². The summed E-state index contributed by atoms with van der Waals surface area (Å²) in [4.78, 5) is 18.4. The molecule has 1 heterocycles. The molecule has 0 atom stereocenters. The van der Waals surface area contributed by atoms with Gasteiger partial charge in [0.25, 0.3) is 5.56 Å². The number of rotatable bonds is 1. The average Bonchev–Trinajstić information content (AvgIpc) is 2.23. The molecule has 0 saturated heterocycles. The highest BCUT2D eigenvalue weighted by molar-refractivity contribution is 14.1. The maximum atomic E-state index is 13.2. The number of hydrogen-bond donors (Lipinski definition) is 1. The second-order valence-corrected chi connectivity index (χ2v) is 4.99. The Morgan fingerprint density at radius 3 is 2.71 bits per heavy atom. The zero-order valence-corrected chi connectivity index (χ0v) is 11.6. The van der Waals surface area contributed by atoms with Gasteiger partial charge in [0, 0.05) is 10.6 Å². The molecule has 1 N–H and O–H groups in total. The van der Waals surface area contributed by atoms with Crippen molar-refractivity contribution in [2.24, 2.45) is 0 Å². The van der Waals surface area contributed by atoms with Crippen LogP contribution < -0.4 is 5.56 Å². The van der Waals surface area contributed by atoms with Gasteiger partial charge in [-0.2, -0.15) is 0 Å². The molecule has 0 fully saturated rings. The molecule has 2 aromatic rings. The van der Waals surface area contributed by atoms with Crippen LogP contribution in [0.4, 0.5) is 4.39 Å². The van der Waals surface area contributed by atoms with Crippen LogP contribution >= 0.6 is 34.2 Å².